The van der Waals surface area contributed by atoms with E-state index >= 15 is 0 Å². The zero-order valence-corrected chi connectivity index (χ0v) is 14.5. The summed E-state index contributed by atoms with van der Waals surface area (Å²) < 4.78 is 0. The lowest BCUT2D eigenvalue weighted by Gasteiger charge is -2.37. The van der Waals surface area contributed by atoms with Gasteiger partial charge in [-0.05, 0) is 44.0 Å². The molecular weight excluding hydrogens is 294 g/mol. The molecule has 1 unspecified atom stereocenters. The summed E-state index contributed by atoms with van der Waals surface area (Å²) in [6.07, 6.45) is 8.87. The van der Waals surface area contributed by atoms with Gasteiger partial charge >= 0.3 is 0 Å². The Hall–Kier alpha value is -2.68. The van der Waals surface area contributed by atoms with E-state index in [4.69, 9.17) is 0 Å². The average molecular weight is 317 g/mol. The second-order valence-corrected chi connectivity index (χ2v) is 6.28. The molecule has 1 aliphatic rings. The number of aromatic nitrogens is 1. The van der Waals surface area contributed by atoms with E-state index in [1.54, 1.807) is 0 Å². The predicted octanol–water partition coefficient (Wildman–Crippen LogP) is 4.88. The van der Waals surface area contributed by atoms with E-state index in [-0.39, 0.29) is 5.41 Å². The van der Waals surface area contributed by atoms with Crippen LogP contribution in [-0.4, -0.2) is 10.7 Å². The van der Waals surface area contributed by atoms with E-state index in [2.05, 4.69) is 59.4 Å². The van der Waals surface area contributed by atoms with Crippen LogP contribution in [0.1, 0.15) is 32.8 Å². The topological polar surface area (TPSA) is 37.3 Å². The first-order valence-electron chi connectivity index (χ1n) is 8.25. The van der Waals surface area contributed by atoms with Crippen molar-refractivity contribution in [2.75, 3.05) is 0 Å². The summed E-state index contributed by atoms with van der Waals surface area (Å²) in [6, 6.07) is 10.4. The molecule has 0 radical (unpaired) electrons. The van der Waals surface area contributed by atoms with E-state index in [0.29, 0.717) is 0 Å². The van der Waals surface area contributed by atoms with Crippen LogP contribution >= 0.6 is 0 Å². The van der Waals surface area contributed by atoms with Gasteiger partial charge in [0, 0.05) is 29.1 Å². The van der Waals surface area contributed by atoms with Gasteiger partial charge in [0.2, 0.25) is 0 Å². The molecule has 1 aromatic heterocycles. The fraction of sp³-hybridized carbons (Fsp3) is 0.238. The minimum Gasteiger partial charge on any atom is -0.282 e. The SMILES string of the molecule is C=C1NN=C(C(/C=C\C)=C/C)CC1(C)c1cccc2ncccc12. The van der Waals surface area contributed by atoms with E-state index in [1.165, 1.54) is 10.9 Å². The Bertz CT molecular complexity index is 868. The maximum absolute atomic E-state index is 4.53. The first-order valence-corrected chi connectivity index (χ1v) is 8.25. The third-order valence-electron chi connectivity index (χ3n) is 4.74. The van der Waals surface area contributed by atoms with Gasteiger partial charge in [0.25, 0.3) is 0 Å². The van der Waals surface area contributed by atoms with Gasteiger partial charge in [0.15, 0.2) is 0 Å². The first kappa shape index (κ1) is 16.2. The number of hydrogen-bond donors (Lipinski definition) is 1. The first-order chi connectivity index (χ1) is 11.6. The summed E-state index contributed by atoms with van der Waals surface area (Å²) >= 11 is 0. The van der Waals surface area contributed by atoms with Gasteiger partial charge in [0.05, 0.1) is 11.2 Å². The Morgan fingerprint density at radius 3 is 2.83 bits per heavy atom. The number of nitrogens with one attached hydrogen (secondary N) is 1. The van der Waals surface area contributed by atoms with Gasteiger partial charge in [0.1, 0.15) is 0 Å². The molecule has 122 valence electrons. The van der Waals surface area contributed by atoms with Gasteiger partial charge in [-0.1, -0.05) is 43.0 Å². The molecule has 0 saturated carbocycles. The molecule has 0 amide bonds. The third kappa shape index (κ3) is 2.67. The molecule has 0 saturated heterocycles. The molecule has 2 heterocycles. The number of rotatable bonds is 3. The van der Waals surface area contributed by atoms with Crippen LogP contribution < -0.4 is 5.43 Å². The summed E-state index contributed by atoms with van der Waals surface area (Å²) in [5.41, 5.74) is 8.26. The molecule has 0 bridgehead atoms. The molecule has 2 aromatic rings. The van der Waals surface area contributed by atoms with Crippen LogP contribution in [-0.2, 0) is 5.41 Å². The lowest BCUT2D eigenvalue weighted by atomic mass is 9.72. The minimum atomic E-state index is -0.241. The zero-order valence-electron chi connectivity index (χ0n) is 14.5. The molecule has 0 aliphatic carbocycles. The number of benzene rings is 1. The van der Waals surface area contributed by atoms with Crippen molar-refractivity contribution >= 4 is 16.6 Å². The normalized spacial score (nSPS) is 21.9. The van der Waals surface area contributed by atoms with Crippen molar-refractivity contribution in [1.82, 2.24) is 10.4 Å². The highest BCUT2D eigenvalue weighted by molar-refractivity contribution is 6.04. The van der Waals surface area contributed by atoms with Crippen LogP contribution in [0.4, 0.5) is 0 Å². The number of hydrazone groups is 1. The van der Waals surface area contributed by atoms with Crippen molar-refractivity contribution in [3.8, 4) is 0 Å². The van der Waals surface area contributed by atoms with Crippen molar-refractivity contribution in [2.45, 2.75) is 32.6 Å². The summed E-state index contributed by atoms with van der Waals surface area (Å²) in [5, 5.41) is 5.70. The van der Waals surface area contributed by atoms with Crippen LogP contribution in [0.25, 0.3) is 10.9 Å². The van der Waals surface area contributed by atoms with E-state index in [9.17, 15) is 0 Å². The van der Waals surface area contributed by atoms with Gasteiger partial charge < -0.3 is 0 Å². The highest BCUT2D eigenvalue weighted by Gasteiger charge is 2.36. The van der Waals surface area contributed by atoms with Crippen molar-refractivity contribution in [3.05, 3.63) is 78.2 Å². The summed E-state index contributed by atoms with van der Waals surface area (Å²) in [7, 11) is 0. The van der Waals surface area contributed by atoms with Gasteiger partial charge in [-0.3, -0.25) is 10.4 Å². The molecular formula is C21H23N3. The lowest BCUT2D eigenvalue weighted by molar-refractivity contribution is 0.518. The Balaban J connectivity index is 2.12. The largest absolute Gasteiger partial charge is 0.282 e. The van der Waals surface area contributed by atoms with Gasteiger partial charge in [-0.2, -0.15) is 5.10 Å². The maximum Gasteiger partial charge on any atom is 0.0705 e. The molecule has 24 heavy (non-hydrogen) atoms. The average Bonchev–Trinajstić information content (AvgIpc) is 2.61. The van der Waals surface area contributed by atoms with Crippen molar-refractivity contribution in [1.29, 1.82) is 0 Å². The highest BCUT2D eigenvalue weighted by Crippen LogP contribution is 2.40. The summed E-state index contributed by atoms with van der Waals surface area (Å²) in [5.74, 6) is 0. The number of fused-ring (bicyclic) bond motifs is 1. The number of pyridine rings is 1. The van der Waals surface area contributed by atoms with Crippen LogP contribution in [0, 0.1) is 0 Å². The predicted molar refractivity (Wildman–Crippen MR) is 102 cm³/mol. The van der Waals surface area contributed by atoms with Gasteiger partial charge in [-0.15, -0.1) is 0 Å². The third-order valence-corrected chi connectivity index (χ3v) is 4.74. The zero-order chi connectivity index (χ0) is 17.2. The molecule has 1 atom stereocenters. The van der Waals surface area contributed by atoms with Crippen molar-refractivity contribution < 1.29 is 0 Å². The van der Waals surface area contributed by atoms with E-state index < -0.39 is 0 Å². The van der Waals surface area contributed by atoms with Crippen LogP contribution in [0.3, 0.4) is 0 Å². The van der Waals surface area contributed by atoms with Crippen LogP contribution in [0.5, 0.6) is 0 Å². The summed E-state index contributed by atoms with van der Waals surface area (Å²) in [6.45, 7) is 10.5. The number of nitrogens with zero attached hydrogens (tertiary/aromatic N) is 2. The number of allylic oxidation sites excluding steroid dienone is 5. The fourth-order valence-electron chi connectivity index (χ4n) is 3.29. The molecule has 3 heteroatoms. The lowest BCUT2D eigenvalue weighted by Crippen LogP contribution is -2.38. The van der Waals surface area contributed by atoms with Crippen LogP contribution in [0.15, 0.2) is 77.7 Å². The smallest absolute Gasteiger partial charge is 0.0705 e. The second-order valence-electron chi connectivity index (χ2n) is 6.28. The quantitative estimate of drug-likeness (QED) is 0.819. The maximum atomic E-state index is 4.53. The van der Waals surface area contributed by atoms with Crippen molar-refractivity contribution in [3.63, 3.8) is 0 Å². The molecule has 1 N–H and O–H groups in total. The Morgan fingerprint density at radius 1 is 1.25 bits per heavy atom. The highest BCUT2D eigenvalue weighted by atomic mass is 15.3. The molecule has 0 spiro atoms. The molecule has 1 aliphatic heterocycles. The van der Waals surface area contributed by atoms with E-state index in [0.717, 1.165) is 28.9 Å². The van der Waals surface area contributed by atoms with Crippen LogP contribution in [0.2, 0.25) is 0 Å². The summed E-state index contributed by atoms with van der Waals surface area (Å²) in [4.78, 5) is 4.49. The Morgan fingerprint density at radius 2 is 2.08 bits per heavy atom. The monoisotopic (exact) mass is 317 g/mol. The fourth-order valence-corrected chi connectivity index (χ4v) is 3.29. The standard InChI is InChI=1S/C21H23N3/c1-5-9-16(6-2)20-14-21(4,15(3)23-24-20)18-11-7-12-19-17(18)10-8-13-22-19/h5-13,23H,3,14H2,1-2,4H3/b9-5-,16-6+. The molecule has 3 nitrogen and oxygen atoms in total. The molecule has 3 rings (SSSR count). The Kier molecular flexibility index (Phi) is 4.34. The molecule has 0 fully saturated rings. The van der Waals surface area contributed by atoms with E-state index in [1.807, 2.05) is 38.3 Å². The molecule has 1 aromatic carbocycles. The second kappa shape index (κ2) is 6.44. The minimum absolute atomic E-state index is 0.241. The van der Waals surface area contributed by atoms with Gasteiger partial charge in [-0.25, -0.2) is 0 Å². The van der Waals surface area contributed by atoms with Crippen molar-refractivity contribution in [2.24, 2.45) is 5.10 Å². The Labute approximate surface area is 143 Å². The number of hydrogen-bond acceptors (Lipinski definition) is 3.